The Hall–Kier alpha value is -2.73. The molecule has 6 nitrogen and oxygen atoms in total. The van der Waals surface area contributed by atoms with Gasteiger partial charge in [0.15, 0.2) is 18.1 Å². The summed E-state index contributed by atoms with van der Waals surface area (Å²) in [5.41, 5.74) is 1.07. The lowest BCUT2D eigenvalue weighted by atomic mass is 9.79. The van der Waals surface area contributed by atoms with Crippen molar-refractivity contribution in [3.63, 3.8) is 0 Å². The normalized spacial score (nSPS) is 17.4. The molecule has 1 saturated carbocycles. The Bertz CT molecular complexity index is 937. The maximum Gasteiger partial charge on any atom is 0.317 e. The molecule has 4 rings (SSSR count). The Kier molecular flexibility index (Phi) is 5.86. The standard InChI is InChI=1S/C23H24ClNO5/c1-15(16-4-9-19-20(12-16)30-14-29-19)25-21(26)13-28-22(27)23(10-2-3-11-23)17-5-7-18(24)8-6-17/h4-9,12,15H,2-3,10-11,13-14H2,1H3,(H,25,26). The topological polar surface area (TPSA) is 73.9 Å². The summed E-state index contributed by atoms with van der Waals surface area (Å²) in [7, 11) is 0. The van der Waals surface area contributed by atoms with Crippen molar-refractivity contribution < 1.29 is 23.8 Å². The van der Waals surface area contributed by atoms with Crippen molar-refractivity contribution >= 4 is 23.5 Å². The van der Waals surface area contributed by atoms with Gasteiger partial charge in [-0.05, 0) is 55.2 Å². The molecule has 0 spiro atoms. The maximum absolute atomic E-state index is 13.0. The van der Waals surface area contributed by atoms with Gasteiger partial charge in [-0.2, -0.15) is 0 Å². The molecule has 0 aromatic heterocycles. The molecule has 1 amide bonds. The van der Waals surface area contributed by atoms with Gasteiger partial charge in [0.2, 0.25) is 6.79 Å². The van der Waals surface area contributed by atoms with Crippen LogP contribution in [0.3, 0.4) is 0 Å². The first kappa shape index (κ1) is 20.5. The first-order valence-electron chi connectivity index (χ1n) is 10.1. The number of hydrogen-bond donors (Lipinski definition) is 1. The third-order valence-corrected chi connectivity index (χ3v) is 6.11. The van der Waals surface area contributed by atoms with Crippen molar-refractivity contribution in [1.29, 1.82) is 0 Å². The van der Waals surface area contributed by atoms with Crippen LogP contribution in [-0.2, 0) is 19.7 Å². The van der Waals surface area contributed by atoms with Gasteiger partial charge in [-0.25, -0.2) is 0 Å². The van der Waals surface area contributed by atoms with Crippen LogP contribution in [0.4, 0.5) is 0 Å². The predicted octanol–water partition coefficient (Wildman–Crippen LogP) is 4.30. The molecule has 2 aromatic carbocycles. The Morgan fingerprint density at radius 1 is 1.10 bits per heavy atom. The molecule has 158 valence electrons. The molecule has 2 aromatic rings. The Balaban J connectivity index is 1.36. The Morgan fingerprint density at radius 3 is 2.53 bits per heavy atom. The summed E-state index contributed by atoms with van der Waals surface area (Å²) in [5, 5.41) is 3.49. The second-order valence-corrected chi connectivity index (χ2v) is 8.21. The van der Waals surface area contributed by atoms with E-state index in [4.69, 9.17) is 25.8 Å². The highest BCUT2D eigenvalue weighted by atomic mass is 35.5. The molecule has 1 unspecified atom stereocenters. The molecular formula is C23H24ClNO5. The molecule has 1 atom stereocenters. The summed E-state index contributed by atoms with van der Waals surface area (Å²) >= 11 is 5.99. The second-order valence-electron chi connectivity index (χ2n) is 7.77. The SMILES string of the molecule is CC(NC(=O)COC(=O)C1(c2ccc(Cl)cc2)CCCC1)c1ccc2c(c1)OCO2. The molecule has 1 heterocycles. The zero-order valence-corrected chi connectivity index (χ0v) is 17.5. The minimum atomic E-state index is -0.701. The zero-order valence-electron chi connectivity index (χ0n) is 16.8. The van der Waals surface area contributed by atoms with Gasteiger partial charge in [0.05, 0.1) is 11.5 Å². The van der Waals surface area contributed by atoms with E-state index in [2.05, 4.69) is 5.32 Å². The third-order valence-electron chi connectivity index (χ3n) is 5.85. The minimum absolute atomic E-state index is 0.199. The number of amides is 1. The van der Waals surface area contributed by atoms with Crippen molar-refractivity contribution in [2.75, 3.05) is 13.4 Å². The fourth-order valence-corrected chi connectivity index (χ4v) is 4.30. The van der Waals surface area contributed by atoms with Crippen molar-refractivity contribution in [3.8, 4) is 11.5 Å². The van der Waals surface area contributed by atoms with Crippen LogP contribution in [0.25, 0.3) is 0 Å². The number of nitrogens with one attached hydrogen (secondary N) is 1. The molecule has 1 fully saturated rings. The first-order chi connectivity index (χ1) is 14.5. The highest BCUT2D eigenvalue weighted by molar-refractivity contribution is 6.30. The molecule has 0 saturated heterocycles. The largest absolute Gasteiger partial charge is 0.455 e. The minimum Gasteiger partial charge on any atom is -0.455 e. The smallest absolute Gasteiger partial charge is 0.317 e. The van der Waals surface area contributed by atoms with Crippen molar-refractivity contribution in [1.82, 2.24) is 5.32 Å². The lowest BCUT2D eigenvalue weighted by molar-refractivity contribution is -0.154. The number of carbonyl (C=O) groups excluding carboxylic acids is 2. The fourth-order valence-electron chi connectivity index (χ4n) is 4.18. The number of benzene rings is 2. The van der Waals surface area contributed by atoms with Crippen molar-refractivity contribution in [2.24, 2.45) is 0 Å². The molecule has 7 heteroatoms. The summed E-state index contributed by atoms with van der Waals surface area (Å²) in [6.45, 7) is 1.75. The zero-order chi connectivity index (χ0) is 21.1. The monoisotopic (exact) mass is 429 g/mol. The van der Waals surface area contributed by atoms with E-state index in [-0.39, 0.29) is 31.3 Å². The molecule has 0 bridgehead atoms. The van der Waals surface area contributed by atoms with Crippen LogP contribution in [0.2, 0.25) is 5.02 Å². The highest BCUT2D eigenvalue weighted by Crippen LogP contribution is 2.42. The first-order valence-corrected chi connectivity index (χ1v) is 10.5. The fraction of sp³-hybridized carbons (Fsp3) is 0.391. The van der Waals surface area contributed by atoms with Crippen LogP contribution in [0, 0.1) is 0 Å². The molecule has 0 radical (unpaired) electrons. The molecule has 1 aliphatic heterocycles. The van der Waals surface area contributed by atoms with E-state index in [0.29, 0.717) is 29.4 Å². The summed E-state index contributed by atoms with van der Waals surface area (Å²) in [5.74, 6) is 0.646. The average molecular weight is 430 g/mol. The molecule has 30 heavy (non-hydrogen) atoms. The molecule has 2 aliphatic rings. The van der Waals surface area contributed by atoms with Gasteiger partial charge in [-0.15, -0.1) is 0 Å². The Morgan fingerprint density at radius 2 is 1.80 bits per heavy atom. The van der Waals surface area contributed by atoms with Gasteiger partial charge in [-0.1, -0.05) is 42.6 Å². The van der Waals surface area contributed by atoms with Gasteiger partial charge >= 0.3 is 5.97 Å². The summed E-state index contributed by atoms with van der Waals surface area (Å²) in [6.07, 6.45) is 3.32. The highest BCUT2D eigenvalue weighted by Gasteiger charge is 2.44. The van der Waals surface area contributed by atoms with Gasteiger partial charge in [0, 0.05) is 5.02 Å². The van der Waals surface area contributed by atoms with Crippen LogP contribution in [0.5, 0.6) is 11.5 Å². The average Bonchev–Trinajstić information content (AvgIpc) is 3.42. The van der Waals surface area contributed by atoms with E-state index in [1.807, 2.05) is 37.3 Å². The third kappa shape index (κ3) is 4.10. The summed E-state index contributed by atoms with van der Waals surface area (Å²) < 4.78 is 16.1. The number of hydrogen-bond acceptors (Lipinski definition) is 5. The summed E-state index contributed by atoms with van der Waals surface area (Å²) in [4.78, 5) is 25.4. The van der Waals surface area contributed by atoms with E-state index in [1.54, 1.807) is 12.1 Å². The van der Waals surface area contributed by atoms with Crippen LogP contribution in [0.15, 0.2) is 42.5 Å². The predicted molar refractivity (Wildman–Crippen MR) is 112 cm³/mol. The summed E-state index contributed by atoms with van der Waals surface area (Å²) in [6, 6.07) is 12.6. The van der Waals surface area contributed by atoms with Crippen LogP contribution in [0.1, 0.15) is 49.8 Å². The van der Waals surface area contributed by atoms with Crippen LogP contribution < -0.4 is 14.8 Å². The molecule has 1 aliphatic carbocycles. The van der Waals surface area contributed by atoms with Crippen LogP contribution >= 0.6 is 11.6 Å². The van der Waals surface area contributed by atoms with Crippen molar-refractivity contribution in [2.45, 2.75) is 44.1 Å². The molecular weight excluding hydrogens is 406 g/mol. The number of carbonyl (C=O) groups is 2. The second kappa shape index (κ2) is 8.56. The quantitative estimate of drug-likeness (QED) is 0.693. The number of ether oxygens (including phenoxy) is 3. The van der Waals surface area contributed by atoms with Crippen molar-refractivity contribution in [3.05, 3.63) is 58.6 Å². The van der Waals surface area contributed by atoms with Gasteiger partial charge < -0.3 is 19.5 Å². The van der Waals surface area contributed by atoms with E-state index < -0.39 is 5.41 Å². The number of rotatable bonds is 6. The maximum atomic E-state index is 13.0. The lowest BCUT2D eigenvalue weighted by Gasteiger charge is -2.27. The number of esters is 1. The van der Waals surface area contributed by atoms with Gasteiger partial charge in [-0.3, -0.25) is 9.59 Å². The van der Waals surface area contributed by atoms with Crippen LogP contribution in [-0.4, -0.2) is 25.3 Å². The Labute approximate surface area is 180 Å². The molecule has 1 N–H and O–H groups in total. The lowest BCUT2D eigenvalue weighted by Crippen LogP contribution is -2.38. The van der Waals surface area contributed by atoms with Gasteiger partial charge in [0.1, 0.15) is 0 Å². The van der Waals surface area contributed by atoms with E-state index in [9.17, 15) is 9.59 Å². The van der Waals surface area contributed by atoms with Gasteiger partial charge in [0.25, 0.3) is 5.91 Å². The number of halogens is 1. The van der Waals surface area contributed by atoms with E-state index in [1.165, 1.54) is 0 Å². The van der Waals surface area contributed by atoms with E-state index in [0.717, 1.165) is 24.0 Å². The number of fused-ring (bicyclic) bond motifs is 1. The van der Waals surface area contributed by atoms with E-state index >= 15 is 0 Å².